The van der Waals surface area contributed by atoms with E-state index in [1.165, 1.54) is 25.7 Å². The number of rotatable bonds is 4. The fourth-order valence-corrected chi connectivity index (χ4v) is 3.19. The lowest BCUT2D eigenvalue weighted by atomic mass is 10.1. The molecule has 1 aliphatic carbocycles. The van der Waals surface area contributed by atoms with Gasteiger partial charge in [0.2, 0.25) is 0 Å². The highest BCUT2D eigenvalue weighted by atomic mass is 16.2. The number of amides is 2. The average Bonchev–Trinajstić information content (AvgIpc) is 2.96. The van der Waals surface area contributed by atoms with Crippen molar-refractivity contribution in [3.63, 3.8) is 0 Å². The fourth-order valence-electron chi connectivity index (χ4n) is 3.19. The van der Waals surface area contributed by atoms with E-state index in [9.17, 15) is 4.79 Å². The lowest BCUT2D eigenvalue weighted by Crippen LogP contribution is -2.39. The van der Waals surface area contributed by atoms with E-state index in [-0.39, 0.29) is 12.1 Å². The number of nitrogens with one attached hydrogen (secondary N) is 2. The summed E-state index contributed by atoms with van der Waals surface area (Å²) in [5.74, 6) is 0.665. The molecule has 1 saturated carbocycles. The highest BCUT2D eigenvalue weighted by Crippen LogP contribution is 2.24. The Morgan fingerprint density at radius 2 is 2.05 bits per heavy atom. The molecule has 1 aromatic heterocycles. The Labute approximate surface area is 121 Å². The summed E-state index contributed by atoms with van der Waals surface area (Å²) in [7, 11) is 1.93. The van der Waals surface area contributed by atoms with Crippen LogP contribution in [0.25, 0.3) is 0 Å². The lowest BCUT2D eigenvalue weighted by Gasteiger charge is -2.17. The van der Waals surface area contributed by atoms with Gasteiger partial charge in [-0.25, -0.2) is 4.79 Å². The second-order valence-corrected chi connectivity index (χ2v) is 5.93. The van der Waals surface area contributed by atoms with Crippen molar-refractivity contribution in [2.24, 2.45) is 13.0 Å². The second-order valence-electron chi connectivity index (χ2n) is 5.93. The van der Waals surface area contributed by atoms with Gasteiger partial charge in [-0.2, -0.15) is 5.10 Å². The van der Waals surface area contributed by atoms with Crippen LogP contribution in [0, 0.1) is 19.8 Å². The number of aromatic nitrogens is 2. The van der Waals surface area contributed by atoms with Crippen LogP contribution in [0.3, 0.4) is 0 Å². The predicted molar refractivity (Wildman–Crippen MR) is 79.6 cm³/mol. The van der Waals surface area contributed by atoms with Crippen LogP contribution in [-0.2, 0) is 7.05 Å². The van der Waals surface area contributed by atoms with Crippen LogP contribution in [0.4, 0.5) is 4.79 Å². The van der Waals surface area contributed by atoms with E-state index in [4.69, 9.17) is 0 Å². The molecule has 5 heteroatoms. The molecule has 20 heavy (non-hydrogen) atoms. The minimum atomic E-state index is -0.0768. The first-order valence-corrected chi connectivity index (χ1v) is 7.53. The van der Waals surface area contributed by atoms with Gasteiger partial charge >= 0.3 is 6.03 Å². The minimum absolute atomic E-state index is 0.0210. The number of aryl methyl sites for hydroxylation is 2. The Hall–Kier alpha value is -1.52. The largest absolute Gasteiger partial charge is 0.338 e. The predicted octanol–water partition coefficient (Wildman–Crippen LogP) is 2.59. The topological polar surface area (TPSA) is 59.0 Å². The maximum Gasteiger partial charge on any atom is 0.315 e. The summed E-state index contributed by atoms with van der Waals surface area (Å²) in [4.78, 5) is 12.0. The first-order valence-electron chi connectivity index (χ1n) is 7.53. The molecule has 0 aromatic carbocycles. The molecule has 2 amide bonds. The Bertz CT molecular complexity index is 474. The molecule has 5 nitrogen and oxygen atoms in total. The lowest BCUT2D eigenvalue weighted by molar-refractivity contribution is 0.236. The molecule has 1 aliphatic rings. The van der Waals surface area contributed by atoms with Gasteiger partial charge in [0.1, 0.15) is 0 Å². The third-order valence-corrected chi connectivity index (χ3v) is 4.37. The van der Waals surface area contributed by atoms with Crippen LogP contribution in [0.1, 0.15) is 55.6 Å². The average molecular weight is 278 g/mol. The summed E-state index contributed by atoms with van der Waals surface area (Å²) in [6.07, 6.45) is 5.10. The monoisotopic (exact) mass is 278 g/mol. The van der Waals surface area contributed by atoms with E-state index in [0.717, 1.165) is 23.5 Å². The van der Waals surface area contributed by atoms with Crippen LogP contribution >= 0.6 is 0 Å². The van der Waals surface area contributed by atoms with E-state index in [2.05, 4.69) is 15.7 Å². The third-order valence-electron chi connectivity index (χ3n) is 4.37. The van der Waals surface area contributed by atoms with Gasteiger partial charge in [0, 0.05) is 24.8 Å². The molecule has 0 bridgehead atoms. The third kappa shape index (κ3) is 3.32. The van der Waals surface area contributed by atoms with E-state index in [0.29, 0.717) is 5.92 Å². The number of hydrogen-bond acceptors (Lipinski definition) is 2. The quantitative estimate of drug-likeness (QED) is 0.889. The second kappa shape index (κ2) is 6.29. The molecule has 0 aliphatic heterocycles. The molecule has 0 spiro atoms. The van der Waals surface area contributed by atoms with Crippen molar-refractivity contribution in [3.05, 3.63) is 17.0 Å². The van der Waals surface area contributed by atoms with Gasteiger partial charge in [0.05, 0.1) is 11.7 Å². The van der Waals surface area contributed by atoms with Crippen LogP contribution in [0.15, 0.2) is 0 Å². The van der Waals surface area contributed by atoms with Crippen molar-refractivity contribution >= 4 is 6.03 Å². The number of nitrogens with zero attached hydrogens (tertiary/aromatic N) is 2. The van der Waals surface area contributed by atoms with Crippen molar-refractivity contribution < 1.29 is 4.79 Å². The molecule has 2 rings (SSSR count). The van der Waals surface area contributed by atoms with Crippen LogP contribution < -0.4 is 10.6 Å². The standard InChI is InChI=1S/C15H26N4O/c1-10(14-11(2)18-19(4)12(14)3)17-15(20)16-9-13-7-5-6-8-13/h10,13H,5-9H2,1-4H3,(H2,16,17,20)/t10-/m0/s1. The molecule has 1 heterocycles. The van der Waals surface area contributed by atoms with E-state index >= 15 is 0 Å². The van der Waals surface area contributed by atoms with Crippen molar-refractivity contribution in [2.45, 2.75) is 52.5 Å². The van der Waals surface area contributed by atoms with E-state index in [1.807, 2.05) is 32.5 Å². The van der Waals surface area contributed by atoms with Crippen molar-refractivity contribution in [3.8, 4) is 0 Å². The van der Waals surface area contributed by atoms with Gasteiger partial charge < -0.3 is 10.6 Å². The van der Waals surface area contributed by atoms with Gasteiger partial charge in [-0.3, -0.25) is 4.68 Å². The Morgan fingerprint density at radius 3 is 2.60 bits per heavy atom. The van der Waals surface area contributed by atoms with Crippen molar-refractivity contribution in [1.29, 1.82) is 0 Å². The number of urea groups is 1. The SMILES string of the molecule is Cc1nn(C)c(C)c1[C@H](C)NC(=O)NCC1CCCC1. The maximum atomic E-state index is 12.0. The van der Waals surface area contributed by atoms with Crippen LogP contribution in [0.5, 0.6) is 0 Å². The fraction of sp³-hybridized carbons (Fsp3) is 0.733. The molecule has 1 aromatic rings. The normalized spacial score (nSPS) is 17.2. The van der Waals surface area contributed by atoms with E-state index < -0.39 is 0 Å². The molecule has 1 fully saturated rings. The summed E-state index contributed by atoms with van der Waals surface area (Å²) in [6, 6.07) is -0.0978. The van der Waals surface area contributed by atoms with Crippen LogP contribution in [-0.4, -0.2) is 22.4 Å². The summed E-state index contributed by atoms with van der Waals surface area (Å²) in [5.41, 5.74) is 3.20. The van der Waals surface area contributed by atoms with Gasteiger partial charge in [0.15, 0.2) is 0 Å². The molecular weight excluding hydrogens is 252 g/mol. The Balaban J connectivity index is 1.86. The maximum absolute atomic E-state index is 12.0. The van der Waals surface area contributed by atoms with Gasteiger partial charge in [0.25, 0.3) is 0 Å². The summed E-state index contributed by atoms with van der Waals surface area (Å²) in [5, 5.41) is 10.4. The number of carbonyl (C=O) groups is 1. The smallest absolute Gasteiger partial charge is 0.315 e. The van der Waals surface area contributed by atoms with Gasteiger partial charge in [-0.05, 0) is 39.5 Å². The van der Waals surface area contributed by atoms with Gasteiger partial charge in [-0.15, -0.1) is 0 Å². The summed E-state index contributed by atoms with van der Waals surface area (Å²) in [6.45, 7) is 6.82. The summed E-state index contributed by atoms with van der Waals surface area (Å²) >= 11 is 0. The molecule has 1 atom stereocenters. The Morgan fingerprint density at radius 1 is 1.40 bits per heavy atom. The zero-order valence-corrected chi connectivity index (χ0v) is 13.0. The zero-order valence-electron chi connectivity index (χ0n) is 13.0. The molecular formula is C15H26N4O. The highest BCUT2D eigenvalue weighted by molar-refractivity contribution is 5.74. The van der Waals surface area contributed by atoms with Gasteiger partial charge in [-0.1, -0.05) is 12.8 Å². The minimum Gasteiger partial charge on any atom is -0.338 e. The summed E-state index contributed by atoms with van der Waals surface area (Å²) < 4.78 is 1.86. The molecule has 0 saturated heterocycles. The number of carbonyl (C=O) groups excluding carboxylic acids is 1. The van der Waals surface area contributed by atoms with Crippen LogP contribution in [0.2, 0.25) is 0 Å². The van der Waals surface area contributed by atoms with Crippen molar-refractivity contribution in [2.75, 3.05) is 6.54 Å². The van der Waals surface area contributed by atoms with E-state index in [1.54, 1.807) is 0 Å². The first-order chi connectivity index (χ1) is 9.49. The van der Waals surface area contributed by atoms with Crippen molar-refractivity contribution in [1.82, 2.24) is 20.4 Å². The molecule has 0 unspecified atom stereocenters. The Kier molecular flexibility index (Phi) is 4.68. The zero-order chi connectivity index (χ0) is 14.7. The molecule has 0 radical (unpaired) electrons. The highest BCUT2D eigenvalue weighted by Gasteiger charge is 2.19. The first kappa shape index (κ1) is 14.9. The number of hydrogen-bond donors (Lipinski definition) is 2. The molecule has 112 valence electrons. The molecule has 2 N–H and O–H groups in total.